The summed E-state index contributed by atoms with van der Waals surface area (Å²) >= 11 is 1.77. The Kier molecular flexibility index (Phi) is 10.5. The molecule has 1 saturated heterocycles. The summed E-state index contributed by atoms with van der Waals surface area (Å²) < 4.78 is 2.06. The number of carbonyl (C=O) groups excluding carboxylic acids is 1. The molecule has 0 atom stereocenters. The fraction of sp³-hybridized carbons (Fsp3) is 0.500. The van der Waals surface area contributed by atoms with Crippen LogP contribution in [0.15, 0.2) is 23.4 Å². The summed E-state index contributed by atoms with van der Waals surface area (Å²) in [6.45, 7) is 2.30. The van der Waals surface area contributed by atoms with E-state index in [1.54, 1.807) is 23.9 Å². The number of benzene rings is 1. The fourth-order valence-corrected chi connectivity index (χ4v) is 4.25. The number of hydrogen-bond donors (Lipinski definition) is 3. The minimum absolute atomic E-state index is 0. The predicted molar refractivity (Wildman–Crippen MR) is 122 cm³/mol. The molecule has 3 N–H and O–H groups in total. The zero-order valence-corrected chi connectivity index (χ0v) is 19.9. The van der Waals surface area contributed by atoms with E-state index in [0.29, 0.717) is 5.56 Å². The van der Waals surface area contributed by atoms with Gasteiger partial charge in [-0.15, -0.1) is 34.0 Å². The average Bonchev–Trinajstić information content (AvgIpc) is 2.96. The monoisotopic (exact) mass is 536 g/mol. The lowest BCUT2D eigenvalue weighted by molar-refractivity contribution is -0.136. The molecule has 0 saturated carbocycles. The van der Waals surface area contributed by atoms with Crippen molar-refractivity contribution in [3.05, 3.63) is 23.8 Å². The van der Waals surface area contributed by atoms with Crippen LogP contribution in [0, 0.1) is 5.92 Å². The van der Waals surface area contributed by atoms with Gasteiger partial charge in [-0.05, 0) is 50.0 Å². The van der Waals surface area contributed by atoms with Gasteiger partial charge in [0, 0.05) is 24.9 Å². The van der Waals surface area contributed by atoms with E-state index >= 15 is 0 Å². The van der Waals surface area contributed by atoms with Crippen LogP contribution in [0.2, 0.25) is 0 Å². The molecule has 2 aromatic rings. The summed E-state index contributed by atoms with van der Waals surface area (Å²) in [7, 11) is 1.99. The molecule has 2 heterocycles. The molecule has 0 aliphatic carbocycles. The minimum Gasteiger partial charge on any atom is -0.481 e. The van der Waals surface area contributed by atoms with Crippen molar-refractivity contribution < 1.29 is 14.7 Å². The highest BCUT2D eigenvalue weighted by atomic mass is 79.9. The van der Waals surface area contributed by atoms with E-state index in [4.69, 9.17) is 5.11 Å². The van der Waals surface area contributed by atoms with Gasteiger partial charge in [-0.2, -0.15) is 0 Å². The Bertz CT molecular complexity index is 809. The summed E-state index contributed by atoms with van der Waals surface area (Å²) in [5.74, 6) is 0.571. The number of thioether (sulfide) groups is 1. The molecule has 10 heteroatoms. The third-order valence-corrected chi connectivity index (χ3v) is 5.89. The van der Waals surface area contributed by atoms with Crippen molar-refractivity contribution in [1.29, 1.82) is 0 Å². The van der Waals surface area contributed by atoms with Crippen molar-refractivity contribution in [3.63, 3.8) is 0 Å². The van der Waals surface area contributed by atoms with Gasteiger partial charge in [-0.3, -0.25) is 9.59 Å². The highest BCUT2D eigenvalue weighted by Crippen LogP contribution is 2.27. The summed E-state index contributed by atoms with van der Waals surface area (Å²) in [4.78, 5) is 27.4. The molecule has 0 spiro atoms. The maximum Gasteiger partial charge on any atom is 0.305 e. The molecule has 156 valence electrons. The van der Waals surface area contributed by atoms with Gasteiger partial charge in [0.2, 0.25) is 0 Å². The molecule has 1 fully saturated rings. The Morgan fingerprint density at radius 2 is 2.04 bits per heavy atom. The van der Waals surface area contributed by atoms with E-state index in [2.05, 4.69) is 20.2 Å². The average molecular weight is 538 g/mol. The zero-order valence-electron chi connectivity index (χ0n) is 15.6. The minimum atomic E-state index is -0.930. The molecular weight excluding hydrogens is 512 g/mol. The number of nitrogens with one attached hydrogen (secondary N) is 2. The summed E-state index contributed by atoms with van der Waals surface area (Å²) in [6.07, 6.45) is 2.32. The lowest BCUT2D eigenvalue weighted by Gasteiger charge is -2.21. The number of aryl methyl sites for hydroxylation is 1. The first-order valence-electron chi connectivity index (χ1n) is 8.84. The van der Waals surface area contributed by atoms with Crippen LogP contribution in [0.25, 0.3) is 11.0 Å². The number of aliphatic carboxylic acids is 1. The molecule has 0 unspecified atom stereocenters. The summed E-state index contributed by atoms with van der Waals surface area (Å²) in [6, 6.07) is 5.41. The smallest absolute Gasteiger partial charge is 0.305 e. The van der Waals surface area contributed by atoms with Gasteiger partial charge in [-0.1, -0.05) is 11.8 Å². The first-order chi connectivity index (χ1) is 12.5. The second-order valence-corrected chi connectivity index (χ2v) is 7.55. The summed E-state index contributed by atoms with van der Waals surface area (Å²) in [5, 5.41) is 15.6. The van der Waals surface area contributed by atoms with Crippen LogP contribution < -0.4 is 10.6 Å². The van der Waals surface area contributed by atoms with E-state index in [0.717, 1.165) is 41.0 Å². The zero-order chi connectivity index (χ0) is 18.5. The highest BCUT2D eigenvalue weighted by molar-refractivity contribution is 8.93. The molecule has 1 aromatic carbocycles. The van der Waals surface area contributed by atoms with Crippen molar-refractivity contribution in [2.75, 3.05) is 25.4 Å². The number of carboxylic acids is 1. The van der Waals surface area contributed by atoms with Gasteiger partial charge in [-0.25, -0.2) is 4.98 Å². The molecule has 3 rings (SSSR count). The Morgan fingerprint density at radius 1 is 1.32 bits per heavy atom. The molecule has 1 aliphatic heterocycles. The topological polar surface area (TPSA) is 96.3 Å². The van der Waals surface area contributed by atoms with E-state index in [-0.39, 0.29) is 52.8 Å². The van der Waals surface area contributed by atoms with E-state index in [9.17, 15) is 9.59 Å². The SMILES string of the molecule is Br.Br.Cn1c(SCC2CCNCC2)nc2cc(C(=O)NCCC(=O)O)ccc21. The molecular formula is C18H26Br2N4O3S. The number of aromatic nitrogens is 2. The van der Waals surface area contributed by atoms with Crippen LogP contribution >= 0.6 is 45.7 Å². The lowest BCUT2D eigenvalue weighted by atomic mass is 10.0. The normalized spacial score (nSPS) is 14.2. The first kappa shape index (κ1) is 24.9. The molecule has 7 nitrogen and oxygen atoms in total. The molecule has 0 radical (unpaired) electrons. The number of nitrogens with zero attached hydrogens (tertiary/aromatic N) is 2. The van der Waals surface area contributed by atoms with Gasteiger partial charge in [0.25, 0.3) is 5.91 Å². The van der Waals surface area contributed by atoms with Crippen molar-refractivity contribution in [2.45, 2.75) is 24.4 Å². The van der Waals surface area contributed by atoms with E-state index < -0.39 is 5.97 Å². The predicted octanol–water partition coefficient (Wildman–Crippen LogP) is 3.03. The van der Waals surface area contributed by atoms with Gasteiger partial charge in [0.15, 0.2) is 5.16 Å². The number of carboxylic acid groups (broad SMARTS) is 1. The number of imidazole rings is 1. The largest absolute Gasteiger partial charge is 0.481 e. The number of halogens is 2. The van der Waals surface area contributed by atoms with Crippen molar-refractivity contribution in [1.82, 2.24) is 20.2 Å². The van der Waals surface area contributed by atoms with Gasteiger partial charge in [0.1, 0.15) is 0 Å². The molecule has 1 amide bonds. The molecule has 0 bridgehead atoms. The fourth-order valence-electron chi connectivity index (χ4n) is 3.07. The van der Waals surface area contributed by atoms with Crippen LogP contribution in [0.3, 0.4) is 0 Å². The molecule has 28 heavy (non-hydrogen) atoms. The maximum absolute atomic E-state index is 12.1. The Hall–Kier alpha value is -1.10. The number of amides is 1. The number of carbonyl (C=O) groups is 2. The van der Waals surface area contributed by atoms with E-state index in [1.165, 1.54) is 12.8 Å². The molecule has 1 aromatic heterocycles. The Labute approximate surface area is 189 Å². The standard InChI is InChI=1S/C18H24N4O3S.2BrH/c1-22-15-3-2-13(17(25)20-9-6-16(23)24)10-14(15)21-18(22)26-11-12-4-7-19-8-5-12;;/h2-3,10,12,19H,4-9,11H2,1H3,(H,20,25)(H,23,24);2*1H. The van der Waals surface area contributed by atoms with E-state index in [1.807, 2.05) is 13.1 Å². The Morgan fingerprint density at radius 3 is 2.71 bits per heavy atom. The number of piperidine rings is 1. The van der Waals surface area contributed by atoms with Crippen molar-refractivity contribution in [3.8, 4) is 0 Å². The van der Waals surface area contributed by atoms with Crippen molar-refractivity contribution in [2.24, 2.45) is 13.0 Å². The van der Waals surface area contributed by atoms with Gasteiger partial charge >= 0.3 is 5.97 Å². The Balaban J connectivity index is 0.00000196. The van der Waals surface area contributed by atoms with Crippen LogP contribution in [-0.2, 0) is 11.8 Å². The first-order valence-corrected chi connectivity index (χ1v) is 9.83. The number of rotatable bonds is 7. The number of fused-ring (bicyclic) bond motifs is 1. The highest BCUT2D eigenvalue weighted by Gasteiger charge is 2.16. The van der Waals surface area contributed by atoms with Crippen molar-refractivity contribution >= 4 is 68.6 Å². The van der Waals surface area contributed by atoms with Crippen LogP contribution in [-0.4, -0.2) is 51.9 Å². The quantitative estimate of drug-likeness (QED) is 0.470. The van der Waals surface area contributed by atoms with Gasteiger partial charge in [0.05, 0.1) is 17.5 Å². The number of hydrogen-bond acceptors (Lipinski definition) is 5. The summed E-state index contributed by atoms with van der Waals surface area (Å²) in [5.41, 5.74) is 2.27. The van der Waals surface area contributed by atoms with Crippen LogP contribution in [0.1, 0.15) is 29.6 Å². The lowest BCUT2D eigenvalue weighted by Crippen LogP contribution is -2.28. The maximum atomic E-state index is 12.1. The molecule has 1 aliphatic rings. The second-order valence-electron chi connectivity index (χ2n) is 6.56. The third-order valence-electron chi connectivity index (χ3n) is 4.63. The van der Waals surface area contributed by atoms with Crippen LogP contribution in [0.5, 0.6) is 0 Å². The van der Waals surface area contributed by atoms with Crippen LogP contribution in [0.4, 0.5) is 0 Å². The third kappa shape index (κ3) is 6.47. The van der Waals surface area contributed by atoms with Gasteiger partial charge < -0.3 is 20.3 Å². The second kappa shape index (κ2) is 11.8.